The van der Waals surface area contributed by atoms with Gasteiger partial charge in [-0.3, -0.25) is 9.59 Å². The van der Waals surface area contributed by atoms with Crippen molar-refractivity contribution in [2.45, 2.75) is 26.7 Å². The zero-order valence-corrected chi connectivity index (χ0v) is 14.2. The average molecular weight is 328 g/mol. The van der Waals surface area contributed by atoms with Crippen LogP contribution in [-0.2, 0) is 0 Å². The Kier molecular flexibility index (Phi) is 4.48. The van der Waals surface area contributed by atoms with Gasteiger partial charge in [-0.05, 0) is 57.0 Å². The lowest BCUT2D eigenvalue weighted by Crippen LogP contribution is -2.27. The predicted octanol–water partition coefficient (Wildman–Crippen LogP) is 3.85. The van der Waals surface area contributed by atoms with Crippen LogP contribution in [0.1, 0.15) is 43.3 Å². The number of thiophene rings is 1. The largest absolute Gasteiger partial charge is 0.339 e. The summed E-state index contributed by atoms with van der Waals surface area (Å²) in [6.07, 6.45) is 2.17. The second-order valence-electron chi connectivity index (χ2n) is 5.86. The van der Waals surface area contributed by atoms with Gasteiger partial charge in [-0.25, -0.2) is 0 Å². The van der Waals surface area contributed by atoms with Crippen molar-refractivity contribution in [2.75, 3.05) is 18.4 Å². The number of aryl methyl sites for hydroxylation is 2. The maximum absolute atomic E-state index is 12.3. The van der Waals surface area contributed by atoms with Gasteiger partial charge in [0.15, 0.2) is 0 Å². The maximum atomic E-state index is 12.3. The first-order valence-electron chi connectivity index (χ1n) is 7.82. The lowest BCUT2D eigenvalue weighted by molar-refractivity contribution is 0.0792. The molecule has 23 heavy (non-hydrogen) atoms. The molecule has 3 rings (SSSR count). The van der Waals surface area contributed by atoms with Crippen LogP contribution in [0.4, 0.5) is 5.69 Å². The monoisotopic (exact) mass is 328 g/mol. The molecule has 0 unspecified atom stereocenters. The highest BCUT2D eigenvalue weighted by Crippen LogP contribution is 2.22. The fourth-order valence-corrected chi connectivity index (χ4v) is 3.77. The van der Waals surface area contributed by atoms with E-state index < -0.39 is 0 Å². The number of carbonyl (C=O) groups is 2. The molecule has 0 saturated carbocycles. The number of hydrogen-bond donors (Lipinski definition) is 1. The number of carbonyl (C=O) groups excluding carboxylic acids is 2. The summed E-state index contributed by atoms with van der Waals surface area (Å²) in [6.45, 7) is 5.62. The molecular formula is C18H20N2O2S. The first kappa shape index (κ1) is 15.7. The van der Waals surface area contributed by atoms with E-state index in [1.807, 2.05) is 24.8 Å². The van der Waals surface area contributed by atoms with Crippen LogP contribution in [0.5, 0.6) is 0 Å². The Hall–Kier alpha value is -2.14. The van der Waals surface area contributed by atoms with E-state index in [0.29, 0.717) is 16.8 Å². The van der Waals surface area contributed by atoms with Crippen molar-refractivity contribution in [1.82, 2.24) is 4.90 Å². The van der Waals surface area contributed by atoms with Crippen LogP contribution < -0.4 is 5.32 Å². The van der Waals surface area contributed by atoms with Crippen LogP contribution in [0, 0.1) is 13.8 Å². The van der Waals surface area contributed by atoms with Crippen molar-refractivity contribution < 1.29 is 9.59 Å². The molecule has 0 atom stereocenters. The van der Waals surface area contributed by atoms with E-state index in [9.17, 15) is 9.59 Å². The van der Waals surface area contributed by atoms with E-state index in [2.05, 4.69) is 5.32 Å². The highest BCUT2D eigenvalue weighted by Gasteiger charge is 2.19. The van der Waals surface area contributed by atoms with Gasteiger partial charge in [-0.2, -0.15) is 0 Å². The fourth-order valence-electron chi connectivity index (χ4n) is 2.85. The molecule has 0 aliphatic carbocycles. The molecule has 2 aromatic rings. The molecule has 5 heteroatoms. The third kappa shape index (κ3) is 3.45. The van der Waals surface area contributed by atoms with Crippen LogP contribution in [0.3, 0.4) is 0 Å². The number of anilines is 1. The lowest BCUT2D eigenvalue weighted by Gasteiger charge is -2.15. The molecule has 1 aromatic carbocycles. The molecule has 1 aromatic heterocycles. The summed E-state index contributed by atoms with van der Waals surface area (Å²) in [6, 6.07) is 9.04. The summed E-state index contributed by atoms with van der Waals surface area (Å²) in [5.41, 5.74) is 2.09. The van der Waals surface area contributed by atoms with Gasteiger partial charge in [-0.15, -0.1) is 11.3 Å². The maximum Gasteiger partial charge on any atom is 0.256 e. The van der Waals surface area contributed by atoms with Gasteiger partial charge < -0.3 is 10.2 Å². The molecule has 1 N–H and O–H groups in total. The first-order valence-corrected chi connectivity index (χ1v) is 8.64. The number of rotatable bonds is 3. The Bertz CT molecular complexity index is 728. The molecule has 4 nitrogen and oxygen atoms in total. The molecule has 0 bridgehead atoms. The van der Waals surface area contributed by atoms with Crippen LogP contribution in [-0.4, -0.2) is 29.8 Å². The second-order valence-corrected chi connectivity index (χ2v) is 7.32. The summed E-state index contributed by atoms with van der Waals surface area (Å²) in [5.74, 6) is -0.0323. The number of benzene rings is 1. The minimum Gasteiger partial charge on any atom is -0.339 e. The Balaban J connectivity index is 1.68. The van der Waals surface area contributed by atoms with Gasteiger partial charge in [-0.1, -0.05) is 0 Å². The lowest BCUT2D eigenvalue weighted by atomic mass is 10.1. The number of nitrogens with zero attached hydrogens (tertiary/aromatic N) is 1. The standard InChI is InChI=1S/C18H20N2O2S/c1-12-11-16(13(2)23-12)17(21)19-15-7-5-14(6-8-15)18(22)20-9-3-4-10-20/h5-8,11H,3-4,9-10H2,1-2H3,(H,19,21). The average Bonchev–Trinajstić information content (AvgIpc) is 3.17. The summed E-state index contributed by atoms with van der Waals surface area (Å²) in [7, 11) is 0. The van der Waals surface area contributed by atoms with Gasteiger partial charge in [0.1, 0.15) is 0 Å². The van der Waals surface area contributed by atoms with Crippen molar-refractivity contribution in [3.8, 4) is 0 Å². The van der Waals surface area contributed by atoms with Crippen molar-refractivity contribution in [3.63, 3.8) is 0 Å². The number of amides is 2. The quantitative estimate of drug-likeness (QED) is 0.930. The zero-order chi connectivity index (χ0) is 16.4. The van der Waals surface area contributed by atoms with Crippen molar-refractivity contribution >= 4 is 28.8 Å². The highest BCUT2D eigenvalue weighted by atomic mass is 32.1. The van der Waals surface area contributed by atoms with E-state index in [-0.39, 0.29) is 11.8 Å². The summed E-state index contributed by atoms with van der Waals surface area (Å²) in [4.78, 5) is 28.6. The van der Waals surface area contributed by atoms with Crippen molar-refractivity contribution in [3.05, 3.63) is 51.2 Å². The predicted molar refractivity (Wildman–Crippen MR) is 93.3 cm³/mol. The minimum absolute atomic E-state index is 0.0738. The van der Waals surface area contributed by atoms with Crippen LogP contribution >= 0.6 is 11.3 Å². The molecule has 120 valence electrons. The van der Waals surface area contributed by atoms with E-state index in [1.165, 1.54) is 0 Å². The van der Waals surface area contributed by atoms with Gasteiger partial charge in [0, 0.05) is 34.1 Å². The molecule has 0 radical (unpaired) electrons. The van der Waals surface area contributed by atoms with E-state index in [4.69, 9.17) is 0 Å². The van der Waals surface area contributed by atoms with Gasteiger partial charge in [0.25, 0.3) is 11.8 Å². The minimum atomic E-state index is -0.106. The number of hydrogen-bond acceptors (Lipinski definition) is 3. The van der Waals surface area contributed by atoms with E-state index in [1.54, 1.807) is 35.6 Å². The Morgan fingerprint density at radius 3 is 2.30 bits per heavy atom. The van der Waals surface area contributed by atoms with E-state index >= 15 is 0 Å². The fraction of sp³-hybridized carbons (Fsp3) is 0.333. The normalized spacial score (nSPS) is 14.1. The molecule has 1 aliphatic heterocycles. The molecule has 2 heterocycles. The Morgan fingerprint density at radius 2 is 1.74 bits per heavy atom. The van der Waals surface area contributed by atoms with Crippen LogP contribution in [0.2, 0.25) is 0 Å². The molecule has 2 amide bonds. The number of nitrogens with one attached hydrogen (secondary N) is 1. The zero-order valence-electron chi connectivity index (χ0n) is 13.4. The third-order valence-corrected chi connectivity index (χ3v) is 5.03. The third-order valence-electron chi connectivity index (χ3n) is 4.07. The van der Waals surface area contributed by atoms with Crippen LogP contribution in [0.25, 0.3) is 0 Å². The van der Waals surface area contributed by atoms with Gasteiger partial charge in [0.2, 0.25) is 0 Å². The summed E-state index contributed by atoms with van der Waals surface area (Å²) < 4.78 is 0. The van der Waals surface area contributed by atoms with Gasteiger partial charge in [0.05, 0.1) is 5.56 Å². The van der Waals surface area contributed by atoms with Crippen molar-refractivity contribution in [1.29, 1.82) is 0 Å². The van der Waals surface area contributed by atoms with Gasteiger partial charge >= 0.3 is 0 Å². The smallest absolute Gasteiger partial charge is 0.256 e. The highest BCUT2D eigenvalue weighted by molar-refractivity contribution is 7.12. The molecule has 1 aliphatic rings. The van der Waals surface area contributed by atoms with E-state index in [0.717, 1.165) is 35.7 Å². The molecule has 0 spiro atoms. The summed E-state index contributed by atoms with van der Waals surface area (Å²) in [5, 5.41) is 2.89. The molecule has 1 saturated heterocycles. The Morgan fingerprint density at radius 1 is 1.09 bits per heavy atom. The van der Waals surface area contributed by atoms with Crippen LogP contribution in [0.15, 0.2) is 30.3 Å². The Labute approximate surface area is 140 Å². The SMILES string of the molecule is Cc1cc(C(=O)Nc2ccc(C(=O)N3CCCC3)cc2)c(C)s1. The number of likely N-dealkylation sites (tertiary alicyclic amines) is 1. The topological polar surface area (TPSA) is 49.4 Å². The summed E-state index contributed by atoms with van der Waals surface area (Å²) >= 11 is 1.62. The first-order chi connectivity index (χ1) is 11.0. The molecular weight excluding hydrogens is 308 g/mol. The second kappa shape index (κ2) is 6.54. The van der Waals surface area contributed by atoms with Crippen molar-refractivity contribution in [2.24, 2.45) is 0 Å². The molecule has 1 fully saturated rings.